The van der Waals surface area contributed by atoms with E-state index in [4.69, 9.17) is 14.5 Å². The van der Waals surface area contributed by atoms with E-state index in [1.165, 1.54) is 16.3 Å². The molecule has 2 heterocycles. The molecule has 5 aromatic rings. The van der Waals surface area contributed by atoms with Crippen LogP contribution in [0.15, 0.2) is 72.0 Å². The van der Waals surface area contributed by atoms with E-state index in [1.54, 1.807) is 36.7 Å². The van der Waals surface area contributed by atoms with E-state index in [9.17, 15) is 4.79 Å². The Morgan fingerprint density at radius 2 is 1.86 bits per heavy atom. The van der Waals surface area contributed by atoms with Crippen molar-refractivity contribution in [2.75, 3.05) is 14.2 Å². The van der Waals surface area contributed by atoms with Crippen LogP contribution in [-0.4, -0.2) is 39.6 Å². The summed E-state index contributed by atoms with van der Waals surface area (Å²) in [7, 11) is 3.25. The Morgan fingerprint density at radius 3 is 2.72 bits per heavy atom. The second-order valence-electron chi connectivity index (χ2n) is 8.80. The highest BCUT2D eigenvalue weighted by atomic mass is 32.2. The van der Waals surface area contributed by atoms with E-state index < -0.39 is 0 Å². The number of methoxy groups -OCH3 is 2. The van der Waals surface area contributed by atoms with Crippen molar-refractivity contribution in [1.29, 1.82) is 0 Å². The van der Waals surface area contributed by atoms with Crippen molar-refractivity contribution in [3.8, 4) is 11.5 Å². The van der Waals surface area contributed by atoms with Crippen molar-refractivity contribution >= 4 is 34.1 Å². The Labute approximate surface area is 212 Å². The third kappa shape index (κ3) is 4.07. The molecule has 3 aromatic carbocycles. The topological polar surface area (TPSA) is 78.6 Å². The third-order valence-corrected chi connectivity index (χ3v) is 7.57. The molecule has 0 spiro atoms. The smallest absolute Gasteiger partial charge is 0.253 e. The number of carbonyl (C=O) groups is 1. The number of benzene rings is 3. The maximum Gasteiger partial charge on any atom is 0.253 e. The van der Waals surface area contributed by atoms with Gasteiger partial charge in [0.1, 0.15) is 11.5 Å². The molecule has 0 saturated heterocycles. The summed E-state index contributed by atoms with van der Waals surface area (Å²) < 4.78 is 12.5. The number of ether oxygens (including phenoxy) is 2. The zero-order valence-corrected chi connectivity index (χ0v) is 20.8. The average Bonchev–Trinajstić information content (AvgIpc) is 3.32. The first-order valence-electron chi connectivity index (χ1n) is 11.7. The summed E-state index contributed by atoms with van der Waals surface area (Å²) in [6.45, 7) is 0. The molecule has 0 fully saturated rings. The van der Waals surface area contributed by atoms with Crippen LogP contribution in [0.25, 0.3) is 16.6 Å². The van der Waals surface area contributed by atoms with Crippen molar-refractivity contribution in [1.82, 2.24) is 19.6 Å². The van der Waals surface area contributed by atoms with Crippen LogP contribution in [-0.2, 0) is 12.2 Å². The van der Waals surface area contributed by atoms with Crippen LogP contribution in [0.4, 0.5) is 0 Å². The molecule has 7 nitrogen and oxygen atoms in total. The van der Waals surface area contributed by atoms with E-state index in [2.05, 4.69) is 46.5 Å². The first-order chi connectivity index (χ1) is 17.6. The number of nitrogens with zero attached hydrogens (tertiary/aromatic N) is 4. The second-order valence-corrected chi connectivity index (χ2v) is 9.75. The lowest BCUT2D eigenvalue weighted by molar-refractivity contribution is 0.0962. The predicted octanol–water partition coefficient (Wildman–Crippen LogP) is 5.50. The Bertz CT molecular complexity index is 1610. The van der Waals surface area contributed by atoms with Crippen LogP contribution in [0, 0.1) is 0 Å². The fourth-order valence-electron chi connectivity index (χ4n) is 4.86. The molecular formula is C28H24N4O3S. The number of hydrogen-bond donors (Lipinski definition) is 0. The molecule has 6 rings (SSSR count). The molecule has 8 heteroatoms. The molecule has 1 atom stereocenters. The minimum atomic E-state index is -0.0241. The van der Waals surface area contributed by atoms with E-state index in [0.29, 0.717) is 35.1 Å². The number of carbonyl (C=O) groups excluding carboxylic acids is 1. The maximum absolute atomic E-state index is 13.1. The summed E-state index contributed by atoms with van der Waals surface area (Å²) in [5.74, 6) is 2.71. The van der Waals surface area contributed by atoms with Gasteiger partial charge in [0, 0.05) is 30.4 Å². The predicted molar refractivity (Wildman–Crippen MR) is 139 cm³/mol. The second kappa shape index (κ2) is 9.28. The van der Waals surface area contributed by atoms with Crippen LogP contribution in [0.1, 0.15) is 39.5 Å². The highest BCUT2D eigenvalue weighted by Gasteiger charge is 2.30. The molecule has 0 aliphatic heterocycles. The third-order valence-electron chi connectivity index (χ3n) is 6.68. The van der Waals surface area contributed by atoms with Gasteiger partial charge in [0.2, 0.25) is 5.16 Å². The van der Waals surface area contributed by atoms with Crippen LogP contribution >= 0.6 is 11.8 Å². The molecule has 0 unspecified atom stereocenters. The molecule has 0 bridgehead atoms. The Kier molecular flexibility index (Phi) is 5.81. The van der Waals surface area contributed by atoms with Crippen LogP contribution < -0.4 is 9.47 Å². The molecule has 180 valence electrons. The monoisotopic (exact) mass is 496 g/mol. The minimum absolute atomic E-state index is 0.0241. The molecule has 0 saturated carbocycles. The first kappa shape index (κ1) is 22.5. The van der Waals surface area contributed by atoms with Crippen LogP contribution in [0.3, 0.4) is 0 Å². The maximum atomic E-state index is 13.1. The number of ketones is 1. The summed E-state index contributed by atoms with van der Waals surface area (Å²) in [5.41, 5.74) is 3.57. The first-order valence-corrected chi connectivity index (χ1v) is 12.7. The number of rotatable bonds is 6. The van der Waals surface area contributed by atoms with Gasteiger partial charge >= 0.3 is 0 Å². The SMILES string of the molecule is COc1ccc([C@@H]2CC(=O)c3cn4nc(SCc5cccc6ccccc56)nc4nc3C2)c(OC)c1. The van der Waals surface area contributed by atoms with E-state index >= 15 is 0 Å². The largest absolute Gasteiger partial charge is 0.497 e. The number of Topliss-reactive ketones (excluding diaryl/α,β-unsaturated/α-hetero) is 1. The van der Waals surface area contributed by atoms with Gasteiger partial charge in [0.25, 0.3) is 5.78 Å². The van der Waals surface area contributed by atoms with Crippen molar-refractivity contribution in [2.45, 2.75) is 29.7 Å². The van der Waals surface area contributed by atoms with Gasteiger partial charge in [-0.15, -0.1) is 5.10 Å². The van der Waals surface area contributed by atoms with Crippen molar-refractivity contribution in [3.05, 3.63) is 89.2 Å². The van der Waals surface area contributed by atoms with E-state index in [1.807, 2.05) is 24.3 Å². The van der Waals surface area contributed by atoms with Gasteiger partial charge in [0.15, 0.2) is 5.78 Å². The number of thioether (sulfide) groups is 1. The molecule has 0 radical (unpaired) electrons. The Hall–Kier alpha value is -3.91. The molecule has 2 aromatic heterocycles. The van der Waals surface area contributed by atoms with Crippen molar-refractivity contribution in [3.63, 3.8) is 0 Å². The summed E-state index contributed by atoms with van der Waals surface area (Å²) >= 11 is 1.57. The molecule has 1 aliphatic carbocycles. The van der Waals surface area contributed by atoms with Gasteiger partial charge in [0.05, 0.1) is 25.5 Å². The molecular weight excluding hydrogens is 472 g/mol. The Morgan fingerprint density at radius 1 is 1.00 bits per heavy atom. The summed E-state index contributed by atoms with van der Waals surface area (Å²) in [6.07, 6.45) is 2.79. The minimum Gasteiger partial charge on any atom is -0.497 e. The van der Waals surface area contributed by atoms with Gasteiger partial charge in [-0.3, -0.25) is 4.79 Å². The summed E-state index contributed by atoms with van der Waals surface area (Å²) in [4.78, 5) is 22.5. The van der Waals surface area contributed by atoms with Gasteiger partial charge in [-0.25, -0.2) is 9.50 Å². The lowest BCUT2D eigenvalue weighted by Gasteiger charge is -2.24. The van der Waals surface area contributed by atoms with Crippen molar-refractivity contribution < 1.29 is 14.3 Å². The zero-order chi connectivity index (χ0) is 24.6. The highest BCUT2D eigenvalue weighted by molar-refractivity contribution is 7.98. The van der Waals surface area contributed by atoms with Gasteiger partial charge in [-0.05, 0) is 34.4 Å². The standard InChI is InChI=1S/C28H24N4O3S/c1-34-20-10-11-22(26(14-20)35-2)19-12-24-23(25(33)13-19)15-32-27(29-24)30-28(31-32)36-16-18-8-5-7-17-6-3-4-9-21(17)18/h3-11,14-15,19H,12-13,16H2,1-2H3/t19-/m0/s1. The number of aromatic nitrogens is 4. The molecule has 1 aliphatic rings. The van der Waals surface area contributed by atoms with Crippen LogP contribution in [0.2, 0.25) is 0 Å². The van der Waals surface area contributed by atoms with Gasteiger partial charge < -0.3 is 9.47 Å². The normalized spacial score (nSPS) is 15.3. The van der Waals surface area contributed by atoms with E-state index in [0.717, 1.165) is 22.8 Å². The Balaban J connectivity index is 1.27. The lowest BCUT2D eigenvalue weighted by Crippen LogP contribution is -2.21. The number of hydrogen-bond acceptors (Lipinski definition) is 7. The van der Waals surface area contributed by atoms with Crippen molar-refractivity contribution in [2.24, 2.45) is 0 Å². The summed E-state index contributed by atoms with van der Waals surface area (Å²) in [5, 5.41) is 7.68. The zero-order valence-electron chi connectivity index (χ0n) is 20.0. The van der Waals surface area contributed by atoms with Crippen LogP contribution in [0.5, 0.6) is 11.5 Å². The molecule has 36 heavy (non-hydrogen) atoms. The van der Waals surface area contributed by atoms with Gasteiger partial charge in [-0.2, -0.15) is 4.98 Å². The molecule has 0 amide bonds. The quantitative estimate of drug-likeness (QED) is 0.287. The highest BCUT2D eigenvalue weighted by Crippen LogP contribution is 2.38. The fraction of sp³-hybridized carbons (Fsp3) is 0.214. The summed E-state index contributed by atoms with van der Waals surface area (Å²) in [6, 6.07) is 20.4. The number of fused-ring (bicyclic) bond motifs is 3. The van der Waals surface area contributed by atoms with Gasteiger partial charge in [-0.1, -0.05) is 60.3 Å². The fourth-order valence-corrected chi connectivity index (χ4v) is 5.69. The average molecular weight is 497 g/mol. The van der Waals surface area contributed by atoms with E-state index in [-0.39, 0.29) is 11.7 Å². The lowest BCUT2D eigenvalue weighted by atomic mass is 9.82. The molecule has 0 N–H and O–H groups in total.